The second-order valence-electron chi connectivity index (χ2n) is 20.4. The van der Waals surface area contributed by atoms with Gasteiger partial charge in [0.25, 0.3) is 0 Å². The molecule has 3 fully saturated rings. The molecule has 0 unspecified atom stereocenters. The monoisotopic (exact) mass is 955 g/mol. The average Bonchev–Trinajstić information content (AvgIpc) is 4.12. The summed E-state index contributed by atoms with van der Waals surface area (Å²) in [6, 6.07) is 3.34. The molecule has 1 heterocycles. The van der Waals surface area contributed by atoms with E-state index in [9.17, 15) is 33.6 Å². The standard InChI is InChI=1S/C50H82N8O10/c1-9-10-22-40-47(63)57(8)41(27-33(2)3)45(61)56-42(37-20-15-12-16-21-37)46(62)54-38(28-52-48(64)67-31-36-18-13-11-14-19-36)43(59)55-39(32-66-26-17-25-51-49(65)68-50(5,6)7)44(60)53-34(4)29-58(40)30-35-23-24-35/h11,13-14,18-19,33-35,37-42H,9-10,12,15-17,20-32H2,1-8H3,(H,51,65)(H,52,64)(H,53,60)(H,54,62)(H,55,59)(H,56,61)/t34-,38+,39+,40+,41+,42+/m1/s1. The summed E-state index contributed by atoms with van der Waals surface area (Å²) >= 11 is 0. The number of ether oxygens (including phenoxy) is 3. The normalized spacial score (nSPS) is 24.5. The summed E-state index contributed by atoms with van der Waals surface area (Å²) in [5.74, 6) is -2.45. The van der Waals surface area contributed by atoms with E-state index < -0.39 is 84.2 Å². The van der Waals surface area contributed by atoms with Gasteiger partial charge in [0.2, 0.25) is 29.5 Å². The van der Waals surface area contributed by atoms with Gasteiger partial charge in [0.1, 0.15) is 36.4 Å². The summed E-state index contributed by atoms with van der Waals surface area (Å²) in [5, 5.41) is 17.0. The minimum atomic E-state index is -1.43. The fourth-order valence-electron chi connectivity index (χ4n) is 8.72. The number of carbonyl (C=O) groups excluding carboxylic acids is 7. The van der Waals surface area contributed by atoms with Crippen LogP contribution in [0.1, 0.15) is 131 Å². The molecule has 1 aliphatic heterocycles. The lowest BCUT2D eigenvalue weighted by Crippen LogP contribution is -2.63. The van der Waals surface area contributed by atoms with Crippen LogP contribution in [-0.4, -0.2) is 140 Å². The maximum absolute atomic E-state index is 14.9. The first-order chi connectivity index (χ1) is 32.3. The van der Waals surface area contributed by atoms with E-state index in [1.54, 1.807) is 44.9 Å². The fourth-order valence-corrected chi connectivity index (χ4v) is 8.72. The van der Waals surface area contributed by atoms with E-state index in [1.165, 1.54) is 0 Å². The highest BCUT2D eigenvalue weighted by atomic mass is 16.6. The predicted octanol–water partition coefficient (Wildman–Crippen LogP) is 4.54. The first-order valence-corrected chi connectivity index (χ1v) is 25.1. The molecule has 1 aromatic carbocycles. The van der Waals surface area contributed by atoms with E-state index in [-0.39, 0.29) is 44.1 Å². The Bertz CT molecular complexity index is 1780. The SMILES string of the molecule is CCCC[C@H]1C(=O)N(C)[C@@H](CC(C)C)C(=O)N[C@@H](C2CCCCC2)C(=O)N[C@@H](CNC(=O)OCc2ccccc2)C(=O)N[C@@H](COCCCNC(=O)OC(C)(C)C)C(=O)N[C@H](C)CN1CC1CC1. The number of hydrogen-bond acceptors (Lipinski definition) is 11. The van der Waals surface area contributed by atoms with Crippen LogP contribution in [0, 0.1) is 17.8 Å². The van der Waals surface area contributed by atoms with Crippen molar-refractivity contribution in [3.8, 4) is 0 Å². The van der Waals surface area contributed by atoms with Gasteiger partial charge in [0.15, 0.2) is 0 Å². The van der Waals surface area contributed by atoms with E-state index in [0.717, 1.165) is 50.5 Å². The summed E-state index contributed by atoms with van der Waals surface area (Å²) in [6.07, 6.45) is 7.55. The quantitative estimate of drug-likeness (QED) is 0.112. The summed E-state index contributed by atoms with van der Waals surface area (Å²) in [4.78, 5) is 102. The molecule has 7 amide bonds. The second-order valence-corrected chi connectivity index (χ2v) is 20.4. The lowest BCUT2D eigenvalue weighted by atomic mass is 9.83. The van der Waals surface area contributed by atoms with Crippen molar-refractivity contribution in [2.24, 2.45) is 17.8 Å². The summed E-state index contributed by atoms with van der Waals surface area (Å²) < 4.78 is 16.7. The Morgan fingerprint density at radius 1 is 0.809 bits per heavy atom. The van der Waals surface area contributed by atoms with Gasteiger partial charge in [-0.2, -0.15) is 0 Å². The van der Waals surface area contributed by atoms with Crippen LogP contribution in [0.25, 0.3) is 0 Å². The highest BCUT2D eigenvalue weighted by Gasteiger charge is 2.41. The van der Waals surface area contributed by atoms with Crippen molar-refractivity contribution in [2.45, 2.75) is 174 Å². The molecule has 6 N–H and O–H groups in total. The molecule has 382 valence electrons. The molecule has 18 nitrogen and oxygen atoms in total. The number of rotatable bonds is 18. The van der Waals surface area contributed by atoms with Crippen molar-refractivity contribution >= 4 is 41.7 Å². The minimum Gasteiger partial charge on any atom is -0.445 e. The third-order valence-corrected chi connectivity index (χ3v) is 12.5. The number of alkyl carbamates (subject to hydrolysis) is 2. The van der Waals surface area contributed by atoms with Gasteiger partial charge < -0.3 is 51.0 Å². The molecule has 0 bridgehead atoms. The summed E-state index contributed by atoms with van der Waals surface area (Å²) in [7, 11) is 1.67. The Morgan fingerprint density at radius 3 is 2.13 bits per heavy atom. The smallest absolute Gasteiger partial charge is 0.407 e. The zero-order chi connectivity index (χ0) is 49.8. The molecule has 4 rings (SSSR count). The first-order valence-electron chi connectivity index (χ1n) is 25.1. The van der Waals surface area contributed by atoms with Gasteiger partial charge in [0.05, 0.1) is 19.2 Å². The predicted molar refractivity (Wildman–Crippen MR) is 258 cm³/mol. The van der Waals surface area contributed by atoms with Gasteiger partial charge in [-0.25, -0.2) is 9.59 Å². The maximum atomic E-state index is 14.9. The number of nitrogens with zero attached hydrogens (tertiary/aromatic N) is 2. The van der Waals surface area contributed by atoms with Crippen LogP contribution in [0.3, 0.4) is 0 Å². The Balaban J connectivity index is 1.69. The Hall–Kier alpha value is -4.97. The Labute approximate surface area is 404 Å². The molecule has 0 aromatic heterocycles. The summed E-state index contributed by atoms with van der Waals surface area (Å²) in [5.41, 5.74) is 0.0784. The number of hydrogen-bond donors (Lipinski definition) is 6. The Kier molecular flexibility index (Phi) is 22.8. The molecule has 68 heavy (non-hydrogen) atoms. The number of nitrogens with one attached hydrogen (secondary N) is 6. The van der Waals surface area contributed by atoms with Crippen LogP contribution in [0.4, 0.5) is 9.59 Å². The molecule has 1 saturated heterocycles. The van der Waals surface area contributed by atoms with Crippen molar-refractivity contribution in [3.63, 3.8) is 0 Å². The lowest BCUT2D eigenvalue weighted by molar-refractivity contribution is -0.145. The van der Waals surface area contributed by atoms with Gasteiger partial charge in [0, 0.05) is 39.3 Å². The molecule has 2 aliphatic carbocycles. The zero-order valence-corrected chi connectivity index (χ0v) is 42.0. The van der Waals surface area contributed by atoms with Crippen molar-refractivity contribution in [2.75, 3.05) is 46.4 Å². The van der Waals surface area contributed by atoms with Gasteiger partial charge in [-0.3, -0.25) is 28.9 Å². The van der Waals surface area contributed by atoms with Crippen LogP contribution in [-0.2, 0) is 44.8 Å². The topological polar surface area (TPSA) is 226 Å². The van der Waals surface area contributed by atoms with E-state index in [4.69, 9.17) is 14.2 Å². The third kappa shape index (κ3) is 19.6. The van der Waals surface area contributed by atoms with Crippen molar-refractivity contribution < 1.29 is 47.8 Å². The van der Waals surface area contributed by atoms with E-state index in [1.807, 2.05) is 39.0 Å². The van der Waals surface area contributed by atoms with Crippen LogP contribution in [0.15, 0.2) is 30.3 Å². The summed E-state index contributed by atoms with van der Waals surface area (Å²) in [6.45, 7) is 13.8. The largest absolute Gasteiger partial charge is 0.445 e. The van der Waals surface area contributed by atoms with E-state index in [0.29, 0.717) is 51.1 Å². The maximum Gasteiger partial charge on any atom is 0.407 e. The highest BCUT2D eigenvalue weighted by Crippen LogP contribution is 2.32. The molecule has 18 heteroatoms. The van der Waals surface area contributed by atoms with Crippen LogP contribution in [0.2, 0.25) is 0 Å². The van der Waals surface area contributed by atoms with Crippen molar-refractivity contribution in [1.29, 1.82) is 0 Å². The number of amides is 7. The van der Waals surface area contributed by atoms with Gasteiger partial charge in [-0.1, -0.05) is 83.2 Å². The molecular formula is C50H82N8O10. The molecular weight excluding hydrogens is 873 g/mol. The second kappa shape index (κ2) is 27.9. The number of benzene rings is 1. The molecule has 0 spiro atoms. The molecule has 0 radical (unpaired) electrons. The van der Waals surface area contributed by atoms with E-state index >= 15 is 0 Å². The highest BCUT2D eigenvalue weighted by molar-refractivity contribution is 5.96. The van der Waals surface area contributed by atoms with Crippen molar-refractivity contribution in [1.82, 2.24) is 41.7 Å². The van der Waals surface area contributed by atoms with Gasteiger partial charge in [-0.15, -0.1) is 0 Å². The third-order valence-electron chi connectivity index (χ3n) is 12.5. The lowest BCUT2D eigenvalue weighted by Gasteiger charge is -2.39. The minimum absolute atomic E-state index is 0.0272. The van der Waals surface area contributed by atoms with Gasteiger partial charge >= 0.3 is 12.2 Å². The van der Waals surface area contributed by atoms with E-state index in [2.05, 4.69) is 43.7 Å². The van der Waals surface area contributed by atoms with Crippen LogP contribution < -0.4 is 31.9 Å². The first kappa shape index (κ1) is 55.6. The average molecular weight is 955 g/mol. The van der Waals surface area contributed by atoms with Crippen LogP contribution in [0.5, 0.6) is 0 Å². The van der Waals surface area contributed by atoms with Crippen molar-refractivity contribution in [3.05, 3.63) is 35.9 Å². The van der Waals surface area contributed by atoms with Gasteiger partial charge in [-0.05, 0) is 96.0 Å². The van der Waals surface area contributed by atoms with Crippen LogP contribution >= 0.6 is 0 Å². The molecule has 1 aromatic rings. The molecule has 6 atom stereocenters. The Morgan fingerprint density at radius 2 is 1.49 bits per heavy atom. The molecule has 3 aliphatic rings. The number of carbonyl (C=O) groups is 7. The fraction of sp³-hybridized carbons (Fsp3) is 0.740. The molecule has 2 saturated carbocycles. The number of unbranched alkanes of at least 4 members (excludes halogenated alkanes) is 1. The number of likely N-dealkylation sites (N-methyl/N-ethyl adjacent to an activating group) is 1. The zero-order valence-electron chi connectivity index (χ0n) is 42.0.